The van der Waals surface area contributed by atoms with E-state index in [2.05, 4.69) is 12.1 Å². The Hall–Kier alpha value is -2.19. The lowest BCUT2D eigenvalue weighted by atomic mass is 9.99. The number of fused-ring (bicyclic) bond motifs is 1. The molecule has 3 rings (SSSR count). The van der Waals surface area contributed by atoms with Crippen LogP contribution in [0.5, 0.6) is 0 Å². The third-order valence-electron chi connectivity index (χ3n) is 3.49. The smallest absolute Gasteiger partial charge is 0.0712 e. The van der Waals surface area contributed by atoms with Crippen LogP contribution in [-0.4, -0.2) is 10.1 Å². The lowest BCUT2D eigenvalue weighted by molar-refractivity contribution is 0.281. The Morgan fingerprint density at radius 1 is 0.947 bits per heavy atom. The molecule has 0 aliphatic heterocycles. The number of aliphatic hydroxyl groups excluding tert-OH is 1. The first-order valence-corrected chi connectivity index (χ1v) is 6.35. The molecule has 0 bridgehead atoms. The predicted octanol–water partition coefficient (Wildman–Crippen LogP) is 3.70. The van der Waals surface area contributed by atoms with Crippen molar-refractivity contribution in [1.29, 1.82) is 0 Å². The first kappa shape index (κ1) is 11.9. The van der Waals surface area contributed by atoms with Crippen molar-refractivity contribution < 1.29 is 5.11 Å². The van der Waals surface area contributed by atoms with Crippen LogP contribution in [0.1, 0.15) is 11.1 Å². The Labute approximate surface area is 112 Å². The molecule has 0 fully saturated rings. The van der Waals surface area contributed by atoms with Crippen molar-refractivity contribution in [3.05, 3.63) is 65.7 Å². The number of nitrogens with zero attached hydrogens (tertiary/aromatic N) is 1. The van der Waals surface area contributed by atoms with E-state index >= 15 is 0 Å². The normalized spacial score (nSPS) is 10.8. The highest BCUT2D eigenvalue weighted by Gasteiger charge is 2.07. The summed E-state index contributed by atoms with van der Waals surface area (Å²) in [6.45, 7) is 2.09. The molecule has 1 heterocycles. The molecule has 2 nitrogen and oxygen atoms in total. The van der Waals surface area contributed by atoms with Crippen LogP contribution in [0, 0.1) is 6.92 Å². The molecule has 0 saturated carbocycles. The van der Waals surface area contributed by atoms with Crippen LogP contribution >= 0.6 is 0 Å². The van der Waals surface area contributed by atoms with Gasteiger partial charge in [0.2, 0.25) is 0 Å². The standard InChI is InChI=1S/C17H15NO/c1-12-14(11-19)6-4-7-15(12)17-10-9-13-5-2-3-8-16(13)18-17/h2-10,19H,11H2,1H3. The first-order chi connectivity index (χ1) is 9.29. The predicted molar refractivity (Wildman–Crippen MR) is 77.8 cm³/mol. The van der Waals surface area contributed by atoms with Gasteiger partial charge in [0, 0.05) is 10.9 Å². The Morgan fingerprint density at radius 2 is 1.79 bits per heavy atom. The summed E-state index contributed by atoms with van der Waals surface area (Å²) < 4.78 is 0. The lowest BCUT2D eigenvalue weighted by Gasteiger charge is -2.10. The van der Waals surface area contributed by atoms with E-state index in [0.29, 0.717) is 0 Å². The summed E-state index contributed by atoms with van der Waals surface area (Å²) in [5.41, 5.74) is 5.07. The van der Waals surface area contributed by atoms with Crippen molar-refractivity contribution in [3.8, 4) is 11.3 Å². The Bertz CT molecular complexity index is 734. The maximum atomic E-state index is 9.34. The molecule has 19 heavy (non-hydrogen) atoms. The molecule has 2 heteroatoms. The molecule has 0 amide bonds. The second-order valence-corrected chi connectivity index (χ2v) is 4.64. The number of rotatable bonds is 2. The van der Waals surface area contributed by atoms with Gasteiger partial charge in [0.05, 0.1) is 17.8 Å². The molecule has 3 aromatic rings. The average Bonchev–Trinajstić information content (AvgIpc) is 2.47. The van der Waals surface area contributed by atoms with Crippen LogP contribution in [0.15, 0.2) is 54.6 Å². The number of hydrogen-bond donors (Lipinski definition) is 1. The zero-order chi connectivity index (χ0) is 13.2. The molecule has 0 radical (unpaired) electrons. The zero-order valence-electron chi connectivity index (χ0n) is 10.8. The number of pyridine rings is 1. The first-order valence-electron chi connectivity index (χ1n) is 6.35. The largest absolute Gasteiger partial charge is 0.392 e. The van der Waals surface area contributed by atoms with Gasteiger partial charge in [0.15, 0.2) is 0 Å². The minimum absolute atomic E-state index is 0.0628. The summed E-state index contributed by atoms with van der Waals surface area (Å²) in [5, 5.41) is 10.5. The van der Waals surface area contributed by atoms with Gasteiger partial charge in [0.1, 0.15) is 0 Å². The molecule has 94 valence electrons. The quantitative estimate of drug-likeness (QED) is 0.751. The van der Waals surface area contributed by atoms with Gasteiger partial charge in [-0.25, -0.2) is 4.98 Å². The number of aliphatic hydroxyl groups is 1. The minimum Gasteiger partial charge on any atom is -0.392 e. The third kappa shape index (κ3) is 2.11. The van der Waals surface area contributed by atoms with Gasteiger partial charge >= 0.3 is 0 Å². The monoisotopic (exact) mass is 249 g/mol. The number of hydrogen-bond acceptors (Lipinski definition) is 2. The van der Waals surface area contributed by atoms with E-state index in [9.17, 15) is 5.11 Å². The van der Waals surface area contributed by atoms with Gasteiger partial charge in [0.25, 0.3) is 0 Å². The van der Waals surface area contributed by atoms with Gasteiger partial charge in [-0.15, -0.1) is 0 Å². The fourth-order valence-corrected chi connectivity index (χ4v) is 2.35. The van der Waals surface area contributed by atoms with Crippen LogP contribution in [0.3, 0.4) is 0 Å². The fraction of sp³-hybridized carbons (Fsp3) is 0.118. The fourth-order valence-electron chi connectivity index (χ4n) is 2.35. The highest BCUT2D eigenvalue weighted by atomic mass is 16.3. The van der Waals surface area contributed by atoms with Crippen LogP contribution in [0.4, 0.5) is 0 Å². The van der Waals surface area contributed by atoms with E-state index in [1.165, 1.54) is 0 Å². The maximum Gasteiger partial charge on any atom is 0.0712 e. The highest BCUT2D eigenvalue weighted by molar-refractivity contribution is 5.82. The second-order valence-electron chi connectivity index (χ2n) is 4.64. The van der Waals surface area contributed by atoms with E-state index in [-0.39, 0.29) is 6.61 Å². The molecular formula is C17H15NO. The third-order valence-corrected chi connectivity index (χ3v) is 3.49. The summed E-state index contributed by atoms with van der Waals surface area (Å²) in [6, 6.07) is 18.2. The van der Waals surface area contributed by atoms with E-state index in [4.69, 9.17) is 4.98 Å². The molecule has 1 aromatic heterocycles. The van der Waals surface area contributed by atoms with E-state index in [0.717, 1.165) is 33.3 Å². The van der Waals surface area contributed by atoms with E-state index in [1.54, 1.807) is 0 Å². The molecule has 0 atom stereocenters. The van der Waals surface area contributed by atoms with Crippen LogP contribution in [0.2, 0.25) is 0 Å². The van der Waals surface area contributed by atoms with Gasteiger partial charge in [-0.2, -0.15) is 0 Å². The van der Waals surface area contributed by atoms with Crippen molar-refractivity contribution in [3.63, 3.8) is 0 Å². The Morgan fingerprint density at radius 3 is 2.63 bits per heavy atom. The van der Waals surface area contributed by atoms with Crippen molar-refractivity contribution in [2.24, 2.45) is 0 Å². The van der Waals surface area contributed by atoms with Crippen molar-refractivity contribution in [1.82, 2.24) is 4.98 Å². The Kier molecular flexibility index (Phi) is 3.02. The van der Waals surface area contributed by atoms with E-state index < -0.39 is 0 Å². The molecule has 0 unspecified atom stereocenters. The summed E-state index contributed by atoms with van der Waals surface area (Å²) in [5.74, 6) is 0. The summed E-state index contributed by atoms with van der Waals surface area (Å²) in [6.07, 6.45) is 0. The van der Waals surface area contributed by atoms with Crippen LogP contribution in [0.25, 0.3) is 22.2 Å². The Balaban J connectivity index is 2.19. The van der Waals surface area contributed by atoms with Crippen molar-refractivity contribution in [2.45, 2.75) is 13.5 Å². The van der Waals surface area contributed by atoms with Crippen LogP contribution < -0.4 is 0 Å². The molecule has 2 aromatic carbocycles. The molecular weight excluding hydrogens is 234 g/mol. The minimum atomic E-state index is 0.0628. The summed E-state index contributed by atoms with van der Waals surface area (Å²) >= 11 is 0. The van der Waals surface area contributed by atoms with E-state index in [1.807, 2.05) is 49.4 Å². The van der Waals surface area contributed by atoms with Gasteiger partial charge in [-0.05, 0) is 30.2 Å². The van der Waals surface area contributed by atoms with Gasteiger partial charge in [-0.3, -0.25) is 0 Å². The zero-order valence-corrected chi connectivity index (χ0v) is 10.8. The van der Waals surface area contributed by atoms with Gasteiger partial charge < -0.3 is 5.11 Å². The average molecular weight is 249 g/mol. The second kappa shape index (κ2) is 4.82. The number of para-hydroxylation sites is 1. The number of aromatic nitrogens is 1. The SMILES string of the molecule is Cc1c(CO)cccc1-c1ccc2ccccc2n1. The van der Waals surface area contributed by atoms with Gasteiger partial charge in [-0.1, -0.05) is 42.5 Å². The molecule has 0 aliphatic rings. The molecule has 0 aliphatic carbocycles. The van der Waals surface area contributed by atoms with Crippen LogP contribution in [-0.2, 0) is 6.61 Å². The lowest BCUT2D eigenvalue weighted by Crippen LogP contribution is -1.93. The van der Waals surface area contributed by atoms with Crippen molar-refractivity contribution >= 4 is 10.9 Å². The summed E-state index contributed by atoms with van der Waals surface area (Å²) in [4.78, 5) is 4.70. The molecule has 1 N–H and O–H groups in total. The number of benzene rings is 2. The van der Waals surface area contributed by atoms with Crippen molar-refractivity contribution in [2.75, 3.05) is 0 Å². The summed E-state index contributed by atoms with van der Waals surface area (Å²) in [7, 11) is 0. The molecule has 0 spiro atoms. The topological polar surface area (TPSA) is 33.1 Å². The maximum absolute atomic E-state index is 9.34. The molecule has 0 saturated heterocycles. The highest BCUT2D eigenvalue weighted by Crippen LogP contribution is 2.26.